The molecular weight excluding hydrogens is 280 g/mol. The summed E-state index contributed by atoms with van der Waals surface area (Å²) < 4.78 is 11.6. The molecule has 2 fully saturated rings. The number of carbonyl (C=O) groups excluding carboxylic acids is 1. The maximum Gasteiger partial charge on any atom is 0.410 e. The Bertz CT molecular complexity index is 373. The van der Waals surface area contributed by atoms with Gasteiger partial charge in [0.2, 0.25) is 0 Å². The predicted molar refractivity (Wildman–Crippen MR) is 86.7 cm³/mol. The molecule has 5 heteroatoms. The zero-order valence-electron chi connectivity index (χ0n) is 14.4. The number of nitrogens with zero attached hydrogens (tertiary/aromatic N) is 1. The highest BCUT2D eigenvalue weighted by Crippen LogP contribution is 2.46. The van der Waals surface area contributed by atoms with Crippen LogP contribution in [0, 0.1) is 5.41 Å². The fraction of sp³-hybridized carbons (Fsp3) is 0.941. The molecule has 1 unspecified atom stereocenters. The predicted octanol–water partition coefficient (Wildman–Crippen LogP) is 2.92. The van der Waals surface area contributed by atoms with Crippen LogP contribution in [-0.4, -0.2) is 48.9 Å². The summed E-state index contributed by atoms with van der Waals surface area (Å²) in [6, 6.07) is 0. The van der Waals surface area contributed by atoms with Gasteiger partial charge in [-0.25, -0.2) is 4.79 Å². The Morgan fingerprint density at radius 3 is 2.50 bits per heavy atom. The molecule has 0 bridgehead atoms. The number of nitrogens with two attached hydrogens (primary N) is 1. The highest BCUT2D eigenvalue weighted by Gasteiger charge is 2.45. The van der Waals surface area contributed by atoms with E-state index in [0.29, 0.717) is 19.7 Å². The number of rotatable bonds is 3. The summed E-state index contributed by atoms with van der Waals surface area (Å²) in [6.45, 7) is 8.21. The fourth-order valence-corrected chi connectivity index (χ4v) is 3.76. The molecule has 0 aromatic rings. The quantitative estimate of drug-likeness (QED) is 0.870. The fourth-order valence-electron chi connectivity index (χ4n) is 3.76. The first kappa shape index (κ1) is 17.5. The van der Waals surface area contributed by atoms with Crippen LogP contribution in [0.15, 0.2) is 0 Å². The number of ether oxygens (including phenoxy) is 2. The van der Waals surface area contributed by atoms with Crippen LogP contribution in [0.1, 0.15) is 59.3 Å². The first-order chi connectivity index (χ1) is 10.4. The summed E-state index contributed by atoms with van der Waals surface area (Å²) in [5.74, 6) is 0. The Morgan fingerprint density at radius 2 is 1.91 bits per heavy atom. The van der Waals surface area contributed by atoms with Crippen LogP contribution < -0.4 is 5.73 Å². The third-order valence-electron chi connectivity index (χ3n) is 4.89. The second kappa shape index (κ2) is 7.18. The molecule has 1 aliphatic carbocycles. The maximum absolute atomic E-state index is 12.3. The van der Waals surface area contributed by atoms with Crippen molar-refractivity contribution in [1.82, 2.24) is 4.90 Å². The Balaban J connectivity index is 2.03. The number of hydrogen-bond donors (Lipinski definition) is 1. The normalized spacial score (nSPS) is 25.3. The third-order valence-corrected chi connectivity index (χ3v) is 4.89. The molecule has 1 saturated heterocycles. The molecule has 1 atom stereocenters. The van der Waals surface area contributed by atoms with E-state index in [1.807, 2.05) is 25.7 Å². The third kappa shape index (κ3) is 4.35. The Morgan fingerprint density at radius 1 is 1.23 bits per heavy atom. The van der Waals surface area contributed by atoms with E-state index in [4.69, 9.17) is 15.2 Å². The SMILES string of the molecule is CC(C)(C)OC(=O)N1CCC2(CCCCC2)C(OCCN)C1. The largest absolute Gasteiger partial charge is 0.444 e. The second-order valence-electron chi connectivity index (χ2n) is 7.75. The Kier molecular flexibility index (Phi) is 5.72. The van der Waals surface area contributed by atoms with Crippen molar-refractivity contribution in [2.75, 3.05) is 26.2 Å². The summed E-state index contributed by atoms with van der Waals surface area (Å²) in [7, 11) is 0. The Hall–Kier alpha value is -0.810. The maximum atomic E-state index is 12.3. The Labute approximate surface area is 134 Å². The van der Waals surface area contributed by atoms with Crippen LogP contribution in [-0.2, 0) is 9.47 Å². The molecule has 2 rings (SSSR count). The molecule has 1 saturated carbocycles. The minimum Gasteiger partial charge on any atom is -0.444 e. The number of piperidine rings is 1. The molecule has 2 N–H and O–H groups in total. The van der Waals surface area contributed by atoms with Crippen LogP contribution >= 0.6 is 0 Å². The molecule has 1 spiro atoms. The number of hydrogen-bond acceptors (Lipinski definition) is 4. The van der Waals surface area contributed by atoms with E-state index in [0.717, 1.165) is 13.0 Å². The molecule has 1 heterocycles. The number of carbonyl (C=O) groups is 1. The average molecular weight is 312 g/mol. The lowest BCUT2D eigenvalue weighted by atomic mass is 9.66. The minimum absolute atomic E-state index is 0.0950. The summed E-state index contributed by atoms with van der Waals surface area (Å²) >= 11 is 0. The number of amides is 1. The van der Waals surface area contributed by atoms with Crippen molar-refractivity contribution in [3.63, 3.8) is 0 Å². The van der Waals surface area contributed by atoms with Gasteiger partial charge < -0.3 is 20.1 Å². The summed E-state index contributed by atoms with van der Waals surface area (Å²) in [5.41, 5.74) is 5.40. The van der Waals surface area contributed by atoms with E-state index in [1.54, 1.807) is 0 Å². The van der Waals surface area contributed by atoms with Crippen molar-refractivity contribution >= 4 is 6.09 Å². The first-order valence-electron chi connectivity index (χ1n) is 8.66. The smallest absolute Gasteiger partial charge is 0.410 e. The second-order valence-corrected chi connectivity index (χ2v) is 7.75. The van der Waals surface area contributed by atoms with Gasteiger partial charge in [0.1, 0.15) is 5.60 Å². The van der Waals surface area contributed by atoms with E-state index in [2.05, 4.69) is 0 Å². The summed E-state index contributed by atoms with van der Waals surface area (Å²) in [4.78, 5) is 14.1. The van der Waals surface area contributed by atoms with E-state index < -0.39 is 5.60 Å². The van der Waals surface area contributed by atoms with Crippen LogP contribution in [0.2, 0.25) is 0 Å². The van der Waals surface area contributed by atoms with Gasteiger partial charge in [-0.2, -0.15) is 0 Å². The molecule has 0 aromatic carbocycles. The van der Waals surface area contributed by atoms with Crippen LogP contribution in [0.5, 0.6) is 0 Å². The van der Waals surface area contributed by atoms with Gasteiger partial charge in [-0.15, -0.1) is 0 Å². The van der Waals surface area contributed by atoms with Gasteiger partial charge in [-0.05, 0) is 45.4 Å². The van der Waals surface area contributed by atoms with Crippen LogP contribution in [0.3, 0.4) is 0 Å². The van der Waals surface area contributed by atoms with E-state index in [9.17, 15) is 4.79 Å². The molecule has 0 aromatic heterocycles. The van der Waals surface area contributed by atoms with Crippen molar-refractivity contribution in [2.24, 2.45) is 11.1 Å². The van der Waals surface area contributed by atoms with Gasteiger partial charge in [0.15, 0.2) is 0 Å². The van der Waals surface area contributed by atoms with Gasteiger partial charge in [0.25, 0.3) is 0 Å². The lowest BCUT2D eigenvalue weighted by molar-refractivity contribution is -0.103. The van der Waals surface area contributed by atoms with E-state index in [1.165, 1.54) is 32.1 Å². The van der Waals surface area contributed by atoms with Crippen LogP contribution in [0.4, 0.5) is 4.79 Å². The van der Waals surface area contributed by atoms with Gasteiger partial charge in [-0.1, -0.05) is 19.3 Å². The highest BCUT2D eigenvalue weighted by atomic mass is 16.6. The first-order valence-corrected chi connectivity index (χ1v) is 8.66. The van der Waals surface area contributed by atoms with Crippen LogP contribution in [0.25, 0.3) is 0 Å². The molecule has 1 aliphatic heterocycles. The molecule has 2 aliphatic rings. The van der Waals surface area contributed by atoms with Crippen molar-refractivity contribution in [1.29, 1.82) is 0 Å². The lowest BCUT2D eigenvalue weighted by Gasteiger charge is -2.49. The minimum atomic E-state index is -0.454. The molecule has 22 heavy (non-hydrogen) atoms. The summed E-state index contributed by atoms with van der Waals surface area (Å²) in [5, 5.41) is 0. The van der Waals surface area contributed by atoms with Crippen molar-refractivity contribution < 1.29 is 14.3 Å². The van der Waals surface area contributed by atoms with Gasteiger partial charge in [0.05, 0.1) is 19.3 Å². The van der Waals surface area contributed by atoms with Crippen molar-refractivity contribution in [2.45, 2.75) is 71.0 Å². The van der Waals surface area contributed by atoms with E-state index in [-0.39, 0.29) is 17.6 Å². The molecule has 128 valence electrons. The monoisotopic (exact) mass is 312 g/mol. The molecule has 1 amide bonds. The molecular formula is C17H32N2O3. The number of likely N-dealkylation sites (tertiary alicyclic amines) is 1. The topological polar surface area (TPSA) is 64.8 Å². The standard InChI is InChI=1S/C17H32N2O3/c1-16(2,3)22-15(20)19-11-9-17(7-5-4-6-8-17)14(13-19)21-12-10-18/h14H,4-13,18H2,1-3H3. The highest BCUT2D eigenvalue weighted by molar-refractivity contribution is 5.68. The van der Waals surface area contributed by atoms with Gasteiger partial charge >= 0.3 is 6.09 Å². The molecule has 5 nitrogen and oxygen atoms in total. The summed E-state index contributed by atoms with van der Waals surface area (Å²) in [6.07, 6.45) is 7.18. The van der Waals surface area contributed by atoms with E-state index >= 15 is 0 Å². The molecule has 0 radical (unpaired) electrons. The van der Waals surface area contributed by atoms with Gasteiger partial charge in [0, 0.05) is 13.1 Å². The zero-order valence-corrected chi connectivity index (χ0v) is 14.4. The van der Waals surface area contributed by atoms with Gasteiger partial charge in [-0.3, -0.25) is 0 Å². The van der Waals surface area contributed by atoms with Crippen molar-refractivity contribution in [3.05, 3.63) is 0 Å². The lowest BCUT2D eigenvalue weighted by Crippen LogP contribution is -2.55. The zero-order chi connectivity index (χ0) is 16.2. The average Bonchev–Trinajstić information content (AvgIpc) is 2.45. The van der Waals surface area contributed by atoms with Crippen molar-refractivity contribution in [3.8, 4) is 0 Å².